The number of piperidine rings is 1. The van der Waals surface area contributed by atoms with E-state index < -0.39 is 5.97 Å². The Morgan fingerprint density at radius 1 is 1.38 bits per heavy atom. The summed E-state index contributed by atoms with van der Waals surface area (Å²) in [4.78, 5) is 13.4. The third-order valence-electron chi connectivity index (χ3n) is 4.62. The van der Waals surface area contributed by atoms with E-state index in [2.05, 4.69) is 41.0 Å². The number of carbonyl (C=O) groups is 1. The smallest absolute Gasteiger partial charge is 0.356 e. The minimum absolute atomic E-state index is 0.0620. The summed E-state index contributed by atoms with van der Waals surface area (Å²) in [5, 5.41) is 20.5. The van der Waals surface area contributed by atoms with Crippen LogP contribution in [0.4, 0.5) is 0 Å². The summed E-state index contributed by atoms with van der Waals surface area (Å²) in [5.41, 5.74) is 2.63. The molecule has 130 valence electrons. The number of rotatable bonds is 4. The van der Waals surface area contributed by atoms with E-state index >= 15 is 0 Å². The van der Waals surface area contributed by atoms with E-state index in [4.69, 9.17) is 5.11 Å². The van der Waals surface area contributed by atoms with Crippen LogP contribution < -0.4 is 0 Å². The number of hydrogen-bond donors (Lipinski definition) is 2. The number of aromatic nitrogens is 4. The van der Waals surface area contributed by atoms with Crippen molar-refractivity contribution in [3.63, 3.8) is 0 Å². The highest BCUT2D eigenvalue weighted by molar-refractivity contribution is 5.85. The van der Waals surface area contributed by atoms with E-state index in [1.807, 2.05) is 6.20 Å². The second-order valence-electron chi connectivity index (χ2n) is 7.51. The lowest BCUT2D eigenvalue weighted by molar-refractivity contribution is 0.0688. The summed E-state index contributed by atoms with van der Waals surface area (Å²) in [6.07, 6.45) is 5.66. The average Bonchev–Trinajstić information content (AvgIpc) is 3.16. The highest BCUT2D eigenvalue weighted by atomic mass is 16.4. The van der Waals surface area contributed by atoms with E-state index in [-0.39, 0.29) is 17.2 Å². The molecule has 3 heterocycles. The molecule has 1 fully saturated rings. The predicted molar refractivity (Wildman–Crippen MR) is 90.0 cm³/mol. The Balaban J connectivity index is 1.59. The lowest BCUT2D eigenvalue weighted by atomic mass is 9.89. The number of carboxylic acids is 1. The van der Waals surface area contributed by atoms with Crippen LogP contribution in [0, 0.1) is 0 Å². The highest BCUT2D eigenvalue weighted by Gasteiger charge is 2.25. The van der Waals surface area contributed by atoms with Gasteiger partial charge in [0, 0.05) is 42.5 Å². The molecule has 24 heavy (non-hydrogen) atoms. The van der Waals surface area contributed by atoms with Gasteiger partial charge < -0.3 is 5.11 Å². The molecule has 0 aromatic carbocycles. The van der Waals surface area contributed by atoms with Crippen molar-refractivity contribution in [1.82, 2.24) is 24.9 Å². The van der Waals surface area contributed by atoms with Gasteiger partial charge in [-0.25, -0.2) is 4.79 Å². The molecule has 7 nitrogen and oxygen atoms in total. The molecule has 3 rings (SSSR count). The van der Waals surface area contributed by atoms with Crippen LogP contribution in [0.1, 0.15) is 61.4 Å². The van der Waals surface area contributed by atoms with E-state index in [0.29, 0.717) is 0 Å². The van der Waals surface area contributed by atoms with Gasteiger partial charge in [-0.05, 0) is 18.9 Å². The molecule has 2 N–H and O–H groups in total. The topological polar surface area (TPSA) is 87.0 Å². The standard InChI is InChI=1S/C17H25N5O2/c1-17(2,3)15-12(10-18-19-15)11-21-7-4-13(5-8-21)22-9-6-14(20-22)16(23)24/h6,9-10,13H,4-5,7-8,11H2,1-3H3,(H,18,19)(H,23,24). The number of nitrogens with zero attached hydrogens (tertiary/aromatic N) is 4. The van der Waals surface area contributed by atoms with Gasteiger partial charge in [0.05, 0.1) is 12.2 Å². The summed E-state index contributed by atoms with van der Waals surface area (Å²) in [6.45, 7) is 9.41. The van der Waals surface area contributed by atoms with E-state index in [1.54, 1.807) is 16.9 Å². The molecule has 2 aromatic heterocycles. The Kier molecular flexibility index (Phi) is 4.45. The summed E-state index contributed by atoms with van der Waals surface area (Å²) >= 11 is 0. The molecule has 1 aliphatic rings. The van der Waals surface area contributed by atoms with Gasteiger partial charge in [-0.2, -0.15) is 10.2 Å². The number of hydrogen-bond acceptors (Lipinski definition) is 4. The van der Waals surface area contributed by atoms with Crippen LogP contribution in [-0.4, -0.2) is 49.0 Å². The van der Waals surface area contributed by atoms with Gasteiger partial charge in [0.2, 0.25) is 0 Å². The van der Waals surface area contributed by atoms with Crippen molar-refractivity contribution in [1.29, 1.82) is 0 Å². The molecule has 0 amide bonds. The molecular formula is C17H25N5O2. The molecule has 0 atom stereocenters. The van der Waals surface area contributed by atoms with Crippen molar-refractivity contribution in [2.75, 3.05) is 13.1 Å². The molecule has 2 aromatic rings. The molecule has 0 unspecified atom stereocenters. The van der Waals surface area contributed by atoms with Crippen molar-refractivity contribution in [2.24, 2.45) is 0 Å². The van der Waals surface area contributed by atoms with Crippen LogP contribution in [0.3, 0.4) is 0 Å². The maximum absolute atomic E-state index is 10.9. The summed E-state index contributed by atoms with van der Waals surface area (Å²) in [6, 6.07) is 1.84. The fraction of sp³-hybridized carbons (Fsp3) is 0.588. The number of aromatic amines is 1. The predicted octanol–water partition coefficient (Wildman–Crippen LogP) is 2.44. The monoisotopic (exact) mass is 331 g/mol. The van der Waals surface area contributed by atoms with Crippen LogP contribution >= 0.6 is 0 Å². The number of likely N-dealkylation sites (tertiary alicyclic amines) is 1. The van der Waals surface area contributed by atoms with Crippen molar-refractivity contribution >= 4 is 5.97 Å². The van der Waals surface area contributed by atoms with Gasteiger partial charge in [-0.1, -0.05) is 20.8 Å². The first-order valence-corrected chi connectivity index (χ1v) is 8.38. The largest absolute Gasteiger partial charge is 0.476 e. The van der Waals surface area contributed by atoms with Crippen molar-refractivity contribution in [3.8, 4) is 0 Å². The second kappa shape index (κ2) is 6.39. The van der Waals surface area contributed by atoms with E-state index in [0.717, 1.165) is 32.5 Å². The normalized spacial score (nSPS) is 17.3. The zero-order valence-electron chi connectivity index (χ0n) is 14.5. The van der Waals surface area contributed by atoms with E-state index in [9.17, 15) is 4.79 Å². The fourth-order valence-corrected chi connectivity index (χ4v) is 3.32. The zero-order chi connectivity index (χ0) is 17.3. The summed E-state index contributed by atoms with van der Waals surface area (Å²) in [5.74, 6) is -0.971. The number of carboxylic acid groups (broad SMARTS) is 1. The fourth-order valence-electron chi connectivity index (χ4n) is 3.32. The van der Waals surface area contributed by atoms with Gasteiger partial charge in [-0.15, -0.1) is 0 Å². The second-order valence-corrected chi connectivity index (χ2v) is 7.51. The number of H-pyrrole nitrogens is 1. The van der Waals surface area contributed by atoms with Gasteiger partial charge in [0.25, 0.3) is 0 Å². The van der Waals surface area contributed by atoms with Crippen LogP contribution in [0.25, 0.3) is 0 Å². The Hall–Kier alpha value is -2.15. The molecule has 1 saturated heterocycles. The lowest BCUT2D eigenvalue weighted by Crippen LogP contribution is -2.35. The highest BCUT2D eigenvalue weighted by Crippen LogP contribution is 2.27. The molecule has 0 spiro atoms. The quantitative estimate of drug-likeness (QED) is 0.898. The molecule has 7 heteroatoms. The SMILES string of the molecule is CC(C)(C)c1[nH]ncc1CN1CCC(n2ccc(C(=O)O)n2)CC1. The molecular weight excluding hydrogens is 306 g/mol. The van der Waals surface area contributed by atoms with Gasteiger partial charge in [0.1, 0.15) is 0 Å². The molecule has 0 aliphatic carbocycles. The van der Waals surface area contributed by atoms with Crippen molar-refractivity contribution < 1.29 is 9.90 Å². The first-order chi connectivity index (χ1) is 11.3. The van der Waals surface area contributed by atoms with E-state index in [1.165, 1.54) is 11.3 Å². The number of nitrogens with one attached hydrogen (secondary N) is 1. The third kappa shape index (κ3) is 3.51. The Labute approximate surface area is 141 Å². The first kappa shape index (κ1) is 16.7. The lowest BCUT2D eigenvalue weighted by Gasteiger charge is -2.32. The van der Waals surface area contributed by atoms with Crippen LogP contribution in [0.15, 0.2) is 18.5 Å². The Morgan fingerprint density at radius 2 is 2.08 bits per heavy atom. The van der Waals surface area contributed by atoms with Crippen LogP contribution in [0.5, 0.6) is 0 Å². The van der Waals surface area contributed by atoms with Crippen LogP contribution in [-0.2, 0) is 12.0 Å². The first-order valence-electron chi connectivity index (χ1n) is 8.38. The van der Waals surface area contributed by atoms with Crippen LogP contribution in [0.2, 0.25) is 0 Å². The van der Waals surface area contributed by atoms with Gasteiger partial charge in [-0.3, -0.25) is 14.7 Å². The third-order valence-corrected chi connectivity index (χ3v) is 4.62. The minimum atomic E-state index is -0.971. The molecule has 0 saturated carbocycles. The maximum Gasteiger partial charge on any atom is 0.356 e. The maximum atomic E-state index is 10.9. The Morgan fingerprint density at radius 3 is 2.67 bits per heavy atom. The van der Waals surface area contributed by atoms with Gasteiger partial charge in [0.15, 0.2) is 5.69 Å². The molecule has 0 bridgehead atoms. The van der Waals surface area contributed by atoms with Crippen molar-refractivity contribution in [2.45, 2.75) is 51.6 Å². The zero-order valence-corrected chi connectivity index (χ0v) is 14.5. The summed E-state index contributed by atoms with van der Waals surface area (Å²) < 4.78 is 1.80. The van der Waals surface area contributed by atoms with Crippen molar-refractivity contribution in [3.05, 3.63) is 35.4 Å². The van der Waals surface area contributed by atoms with Gasteiger partial charge >= 0.3 is 5.97 Å². The minimum Gasteiger partial charge on any atom is -0.476 e. The molecule has 1 aliphatic heterocycles. The summed E-state index contributed by atoms with van der Waals surface area (Å²) in [7, 11) is 0. The Bertz CT molecular complexity index is 705. The molecule has 0 radical (unpaired) electrons. The average molecular weight is 331 g/mol. The number of aromatic carboxylic acids is 1.